The summed E-state index contributed by atoms with van der Waals surface area (Å²) in [6.07, 6.45) is 2.84. The van der Waals surface area contributed by atoms with E-state index in [9.17, 15) is 4.39 Å². The maximum absolute atomic E-state index is 13.4. The Labute approximate surface area is 189 Å². The summed E-state index contributed by atoms with van der Waals surface area (Å²) in [4.78, 5) is 4.62. The van der Waals surface area contributed by atoms with Gasteiger partial charge in [-0.15, -0.1) is 34.2 Å². The fourth-order valence-corrected chi connectivity index (χ4v) is 2.51. The number of rotatable bonds is 10. The van der Waals surface area contributed by atoms with Gasteiger partial charge in [0.1, 0.15) is 30.0 Å². The van der Waals surface area contributed by atoms with Crippen LogP contribution in [0.15, 0.2) is 29.3 Å². The molecule has 0 spiro atoms. The second kappa shape index (κ2) is 13.3. The first kappa shape index (κ1) is 25.1. The molecule has 7 nitrogen and oxygen atoms in total. The van der Waals surface area contributed by atoms with Crippen LogP contribution >= 0.6 is 24.0 Å². The number of hydrogen-bond donors (Lipinski definition) is 2. The molecule has 2 aromatic rings. The van der Waals surface area contributed by atoms with Crippen molar-refractivity contribution < 1.29 is 9.13 Å². The summed E-state index contributed by atoms with van der Waals surface area (Å²) in [6, 6.07) is 6.21. The monoisotopic (exact) mass is 518 g/mol. The Morgan fingerprint density at radius 2 is 2.07 bits per heavy atom. The highest BCUT2D eigenvalue weighted by Crippen LogP contribution is 2.14. The number of nitrogens with zero attached hydrogens (tertiary/aromatic N) is 4. The highest BCUT2D eigenvalue weighted by atomic mass is 127. The van der Waals surface area contributed by atoms with Gasteiger partial charge in [-0.1, -0.05) is 26.3 Å². The van der Waals surface area contributed by atoms with Crippen LogP contribution in [0.2, 0.25) is 0 Å². The normalized spacial score (nSPS) is 12.2. The fourth-order valence-electron chi connectivity index (χ4n) is 2.51. The first-order chi connectivity index (χ1) is 13.5. The van der Waals surface area contributed by atoms with Gasteiger partial charge in [0.2, 0.25) is 0 Å². The number of aliphatic imine (C=N–C) groups is 1. The number of unbranched alkanes of at least 4 members (excludes halogenated alkanes) is 1. The molecule has 0 amide bonds. The lowest BCUT2D eigenvalue weighted by Crippen LogP contribution is -2.43. The molecule has 2 rings (SSSR count). The minimum Gasteiger partial charge on any atom is -0.489 e. The van der Waals surface area contributed by atoms with Crippen LogP contribution in [-0.2, 0) is 13.6 Å². The first-order valence-electron chi connectivity index (χ1n) is 9.82. The van der Waals surface area contributed by atoms with E-state index in [2.05, 4.69) is 32.7 Å². The zero-order valence-electron chi connectivity index (χ0n) is 17.6. The predicted molar refractivity (Wildman–Crippen MR) is 124 cm³/mol. The average molecular weight is 518 g/mol. The molecule has 1 atom stereocenters. The molecule has 0 aliphatic carbocycles. The van der Waals surface area contributed by atoms with Crippen molar-refractivity contribution in [1.82, 2.24) is 25.4 Å². The zero-order chi connectivity index (χ0) is 20.4. The number of aryl methyl sites for hydroxylation is 1. The summed E-state index contributed by atoms with van der Waals surface area (Å²) < 4.78 is 21.2. The van der Waals surface area contributed by atoms with E-state index in [0.29, 0.717) is 24.8 Å². The number of aromatic nitrogens is 3. The predicted octanol–water partition coefficient (Wildman–Crippen LogP) is 3.57. The molecule has 0 saturated heterocycles. The number of benzene rings is 1. The van der Waals surface area contributed by atoms with Crippen LogP contribution in [0.4, 0.5) is 4.39 Å². The SMILES string of the molecule is CCCCNC(=NCc1nnc(C)n1C)NCC(CC)Oc1cccc(F)c1.I. The van der Waals surface area contributed by atoms with Gasteiger partial charge in [0.25, 0.3) is 0 Å². The van der Waals surface area contributed by atoms with Gasteiger partial charge in [0, 0.05) is 19.7 Å². The Kier molecular flexibility index (Phi) is 11.6. The third-order valence-corrected chi connectivity index (χ3v) is 4.44. The van der Waals surface area contributed by atoms with E-state index in [0.717, 1.165) is 37.5 Å². The Balaban J connectivity index is 0.00000420. The van der Waals surface area contributed by atoms with Gasteiger partial charge in [0.15, 0.2) is 11.8 Å². The highest BCUT2D eigenvalue weighted by molar-refractivity contribution is 14.0. The molecule has 0 aliphatic heterocycles. The molecule has 1 unspecified atom stereocenters. The number of guanidine groups is 1. The molecule has 29 heavy (non-hydrogen) atoms. The van der Waals surface area contributed by atoms with Crippen LogP contribution in [-0.4, -0.2) is 39.9 Å². The van der Waals surface area contributed by atoms with E-state index in [1.54, 1.807) is 12.1 Å². The van der Waals surface area contributed by atoms with Gasteiger partial charge in [0.05, 0.1) is 6.54 Å². The van der Waals surface area contributed by atoms with Crippen molar-refractivity contribution in [3.63, 3.8) is 0 Å². The Morgan fingerprint density at radius 1 is 1.28 bits per heavy atom. The standard InChI is InChI=1S/C20H31FN6O.HI/c1-5-7-11-22-20(24-14-19-26-25-15(3)27(19)4)23-13-17(6-2)28-18-10-8-9-16(21)12-18;/h8-10,12,17H,5-7,11,13-14H2,1-4H3,(H2,22,23,24);1H. The van der Waals surface area contributed by atoms with E-state index in [-0.39, 0.29) is 35.9 Å². The first-order valence-corrected chi connectivity index (χ1v) is 9.82. The van der Waals surface area contributed by atoms with Crippen molar-refractivity contribution >= 4 is 29.9 Å². The van der Waals surface area contributed by atoms with Gasteiger partial charge < -0.3 is 19.9 Å². The molecule has 0 saturated carbocycles. The maximum Gasteiger partial charge on any atom is 0.191 e. The molecular weight excluding hydrogens is 486 g/mol. The average Bonchev–Trinajstić information content (AvgIpc) is 3.00. The molecule has 2 N–H and O–H groups in total. The minimum atomic E-state index is -0.303. The number of ether oxygens (including phenoxy) is 1. The van der Waals surface area contributed by atoms with Gasteiger partial charge in [-0.25, -0.2) is 9.38 Å². The summed E-state index contributed by atoms with van der Waals surface area (Å²) in [6.45, 7) is 7.92. The number of hydrogen-bond acceptors (Lipinski definition) is 4. The summed E-state index contributed by atoms with van der Waals surface area (Å²) in [5, 5.41) is 14.9. The van der Waals surface area contributed by atoms with Crippen molar-refractivity contribution in [2.24, 2.45) is 12.0 Å². The van der Waals surface area contributed by atoms with Crippen LogP contribution in [0.1, 0.15) is 44.8 Å². The van der Waals surface area contributed by atoms with Gasteiger partial charge in [-0.05, 0) is 31.9 Å². The quantitative estimate of drug-likeness (QED) is 0.218. The lowest BCUT2D eigenvalue weighted by Gasteiger charge is -2.20. The van der Waals surface area contributed by atoms with E-state index >= 15 is 0 Å². The molecule has 162 valence electrons. The summed E-state index contributed by atoms with van der Waals surface area (Å²) in [5.74, 6) is 2.59. The van der Waals surface area contributed by atoms with Gasteiger partial charge >= 0.3 is 0 Å². The van der Waals surface area contributed by atoms with E-state index in [4.69, 9.17) is 4.74 Å². The topological polar surface area (TPSA) is 76.4 Å². The highest BCUT2D eigenvalue weighted by Gasteiger charge is 2.11. The minimum absolute atomic E-state index is 0. The zero-order valence-corrected chi connectivity index (χ0v) is 19.9. The molecule has 0 bridgehead atoms. The summed E-state index contributed by atoms with van der Waals surface area (Å²) in [5.41, 5.74) is 0. The second-order valence-electron chi connectivity index (χ2n) is 6.65. The van der Waals surface area contributed by atoms with Crippen LogP contribution in [0.3, 0.4) is 0 Å². The van der Waals surface area contributed by atoms with Gasteiger partial charge in [-0.3, -0.25) is 0 Å². The van der Waals surface area contributed by atoms with Crippen molar-refractivity contribution in [3.05, 3.63) is 41.7 Å². The van der Waals surface area contributed by atoms with Crippen molar-refractivity contribution in [2.45, 2.75) is 52.7 Å². The number of halogens is 2. The summed E-state index contributed by atoms with van der Waals surface area (Å²) >= 11 is 0. The van der Waals surface area contributed by atoms with Crippen LogP contribution in [0, 0.1) is 12.7 Å². The molecule has 0 radical (unpaired) electrons. The van der Waals surface area contributed by atoms with Crippen LogP contribution < -0.4 is 15.4 Å². The Hall–Kier alpha value is -1.91. The lowest BCUT2D eigenvalue weighted by molar-refractivity contribution is 0.198. The molecule has 9 heteroatoms. The van der Waals surface area contributed by atoms with Crippen molar-refractivity contribution in [1.29, 1.82) is 0 Å². The third kappa shape index (κ3) is 8.55. The van der Waals surface area contributed by atoms with E-state index < -0.39 is 0 Å². The molecule has 1 aromatic carbocycles. The van der Waals surface area contributed by atoms with Crippen molar-refractivity contribution in [3.8, 4) is 5.75 Å². The summed E-state index contributed by atoms with van der Waals surface area (Å²) in [7, 11) is 1.93. The van der Waals surface area contributed by atoms with E-state index in [1.807, 2.05) is 25.5 Å². The van der Waals surface area contributed by atoms with Crippen LogP contribution in [0.25, 0.3) is 0 Å². The van der Waals surface area contributed by atoms with Gasteiger partial charge in [-0.2, -0.15) is 0 Å². The molecule has 0 aliphatic rings. The second-order valence-corrected chi connectivity index (χ2v) is 6.65. The smallest absolute Gasteiger partial charge is 0.191 e. The molecule has 1 heterocycles. The molecule has 0 fully saturated rings. The Bertz CT molecular complexity index is 767. The number of nitrogens with one attached hydrogen (secondary N) is 2. The van der Waals surface area contributed by atoms with Crippen molar-refractivity contribution in [2.75, 3.05) is 13.1 Å². The largest absolute Gasteiger partial charge is 0.489 e. The molecular formula is C20H32FIN6O. The lowest BCUT2D eigenvalue weighted by atomic mass is 10.2. The fraction of sp³-hybridized carbons (Fsp3) is 0.550. The molecule has 1 aromatic heterocycles. The third-order valence-electron chi connectivity index (χ3n) is 4.44. The van der Waals surface area contributed by atoms with E-state index in [1.165, 1.54) is 12.1 Å². The van der Waals surface area contributed by atoms with Crippen LogP contribution in [0.5, 0.6) is 5.75 Å². The maximum atomic E-state index is 13.4. The Morgan fingerprint density at radius 3 is 2.69 bits per heavy atom.